The molecule has 3 rings (SSSR count). The second-order valence-electron chi connectivity index (χ2n) is 5.36. The van der Waals surface area contributed by atoms with Crippen molar-refractivity contribution in [3.8, 4) is 0 Å². The largest absolute Gasteiger partial charge is 0.329 e. The minimum atomic E-state index is 0.00574. The van der Waals surface area contributed by atoms with Gasteiger partial charge in [-0.1, -0.05) is 0 Å². The Hall–Kier alpha value is -0.940. The summed E-state index contributed by atoms with van der Waals surface area (Å²) in [7, 11) is 0. The lowest BCUT2D eigenvalue weighted by Gasteiger charge is -2.32. The Kier molecular flexibility index (Phi) is 3.11. The standard InChI is InChI=1S/C13H19N3OS/c1-8-7-18-13(15-8)12-10(14)3-2-4-11(17)16(12)9-5-6-9/h7,9-10,12H,2-6,14H2,1H3. The highest BCUT2D eigenvalue weighted by Crippen LogP contribution is 2.39. The van der Waals surface area contributed by atoms with Crippen LogP contribution in [0.5, 0.6) is 0 Å². The molecule has 1 saturated carbocycles. The van der Waals surface area contributed by atoms with E-state index >= 15 is 0 Å². The number of aromatic nitrogens is 1. The molecular formula is C13H19N3OS. The molecule has 1 aromatic rings. The van der Waals surface area contributed by atoms with E-state index in [1.54, 1.807) is 11.3 Å². The average Bonchev–Trinajstić information content (AvgIpc) is 3.08. The highest BCUT2D eigenvalue weighted by Gasteiger charge is 2.42. The number of aryl methyl sites for hydroxylation is 1. The van der Waals surface area contributed by atoms with Crippen LogP contribution in [0.1, 0.15) is 48.8 Å². The lowest BCUT2D eigenvalue weighted by atomic mass is 10.0. The van der Waals surface area contributed by atoms with Crippen molar-refractivity contribution in [1.82, 2.24) is 9.88 Å². The van der Waals surface area contributed by atoms with Gasteiger partial charge in [-0.2, -0.15) is 0 Å². The molecular weight excluding hydrogens is 246 g/mol. The lowest BCUT2D eigenvalue weighted by molar-refractivity contribution is -0.133. The van der Waals surface area contributed by atoms with Crippen molar-refractivity contribution in [3.63, 3.8) is 0 Å². The first kappa shape index (κ1) is 12.1. The van der Waals surface area contributed by atoms with Crippen LogP contribution in [0.3, 0.4) is 0 Å². The number of likely N-dealkylation sites (tertiary alicyclic amines) is 1. The van der Waals surface area contributed by atoms with Crippen LogP contribution < -0.4 is 5.73 Å². The predicted octanol–water partition coefficient (Wildman–Crippen LogP) is 1.99. The van der Waals surface area contributed by atoms with Gasteiger partial charge in [-0.3, -0.25) is 4.79 Å². The summed E-state index contributed by atoms with van der Waals surface area (Å²) in [6.07, 6.45) is 4.71. The zero-order valence-corrected chi connectivity index (χ0v) is 11.4. The quantitative estimate of drug-likeness (QED) is 0.889. The summed E-state index contributed by atoms with van der Waals surface area (Å²) in [6, 6.07) is 0.449. The molecule has 4 nitrogen and oxygen atoms in total. The maximum absolute atomic E-state index is 12.3. The first-order valence-electron chi connectivity index (χ1n) is 6.65. The van der Waals surface area contributed by atoms with Crippen LogP contribution in [0.2, 0.25) is 0 Å². The van der Waals surface area contributed by atoms with Gasteiger partial charge in [0.15, 0.2) is 0 Å². The Labute approximate surface area is 111 Å². The van der Waals surface area contributed by atoms with Crippen LogP contribution in [-0.2, 0) is 4.79 Å². The van der Waals surface area contributed by atoms with E-state index < -0.39 is 0 Å². The SMILES string of the molecule is Cc1csc(C2C(N)CCCC(=O)N2C2CC2)n1. The Morgan fingerprint density at radius 2 is 2.22 bits per heavy atom. The van der Waals surface area contributed by atoms with Crippen LogP contribution in [0.4, 0.5) is 0 Å². The number of carbonyl (C=O) groups is 1. The molecule has 2 unspecified atom stereocenters. The van der Waals surface area contributed by atoms with Gasteiger partial charge in [0.2, 0.25) is 5.91 Å². The monoisotopic (exact) mass is 265 g/mol. The number of hydrogen-bond acceptors (Lipinski definition) is 4. The lowest BCUT2D eigenvalue weighted by Crippen LogP contribution is -2.43. The van der Waals surface area contributed by atoms with Crippen molar-refractivity contribution in [2.24, 2.45) is 5.73 Å². The summed E-state index contributed by atoms with van der Waals surface area (Å²) in [5, 5.41) is 3.06. The number of rotatable bonds is 2. The van der Waals surface area contributed by atoms with Gasteiger partial charge >= 0.3 is 0 Å². The molecule has 1 saturated heterocycles. The number of nitrogens with two attached hydrogens (primary N) is 1. The number of carbonyl (C=O) groups excluding carboxylic acids is 1. The van der Waals surface area contributed by atoms with E-state index in [-0.39, 0.29) is 18.0 Å². The Morgan fingerprint density at radius 1 is 1.44 bits per heavy atom. The Morgan fingerprint density at radius 3 is 2.83 bits per heavy atom. The van der Waals surface area contributed by atoms with E-state index in [4.69, 9.17) is 5.73 Å². The van der Waals surface area contributed by atoms with Crippen LogP contribution >= 0.6 is 11.3 Å². The van der Waals surface area contributed by atoms with Gasteiger partial charge in [-0.05, 0) is 32.6 Å². The average molecular weight is 265 g/mol. The van der Waals surface area contributed by atoms with Gasteiger partial charge in [-0.25, -0.2) is 4.98 Å². The van der Waals surface area contributed by atoms with Gasteiger partial charge in [-0.15, -0.1) is 11.3 Å². The van der Waals surface area contributed by atoms with E-state index in [2.05, 4.69) is 4.98 Å². The Bertz CT molecular complexity index is 455. The molecule has 5 heteroatoms. The summed E-state index contributed by atoms with van der Waals surface area (Å²) < 4.78 is 0. The molecule has 1 aromatic heterocycles. The summed E-state index contributed by atoms with van der Waals surface area (Å²) in [5.41, 5.74) is 7.33. The topological polar surface area (TPSA) is 59.2 Å². The van der Waals surface area contributed by atoms with E-state index in [0.717, 1.165) is 36.4 Å². The zero-order chi connectivity index (χ0) is 12.7. The first-order chi connectivity index (χ1) is 8.66. The molecule has 2 atom stereocenters. The number of thiazole rings is 1. The summed E-state index contributed by atoms with van der Waals surface area (Å²) in [6.45, 7) is 1.99. The van der Waals surface area contributed by atoms with Gasteiger partial charge in [0, 0.05) is 29.6 Å². The van der Waals surface area contributed by atoms with Crippen molar-refractivity contribution in [2.45, 2.75) is 57.2 Å². The molecule has 0 spiro atoms. The minimum absolute atomic E-state index is 0.00574. The normalized spacial score (nSPS) is 29.4. The number of amides is 1. The fourth-order valence-electron chi connectivity index (χ4n) is 2.73. The molecule has 2 heterocycles. The van der Waals surface area contributed by atoms with Crippen molar-refractivity contribution in [1.29, 1.82) is 0 Å². The van der Waals surface area contributed by atoms with E-state index in [1.807, 2.05) is 17.2 Å². The van der Waals surface area contributed by atoms with Gasteiger partial charge in [0.25, 0.3) is 0 Å². The predicted molar refractivity (Wildman–Crippen MR) is 71.3 cm³/mol. The molecule has 2 aliphatic rings. The molecule has 0 radical (unpaired) electrons. The summed E-state index contributed by atoms with van der Waals surface area (Å²) in [5.74, 6) is 0.267. The second kappa shape index (κ2) is 4.63. The molecule has 0 aromatic carbocycles. The second-order valence-corrected chi connectivity index (χ2v) is 6.25. The van der Waals surface area contributed by atoms with Gasteiger partial charge in [0.1, 0.15) is 5.01 Å². The van der Waals surface area contributed by atoms with Crippen LogP contribution in [0.25, 0.3) is 0 Å². The number of hydrogen-bond donors (Lipinski definition) is 1. The van der Waals surface area contributed by atoms with E-state index in [1.165, 1.54) is 0 Å². The molecule has 2 fully saturated rings. The van der Waals surface area contributed by atoms with Crippen molar-refractivity contribution < 1.29 is 4.79 Å². The number of nitrogens with zero attached hydrogens (tertiary/aromatic N) is 2. The van der Waals surface area contributed by atoms with Crippen molar-refractivity contribution >= 4 is 17.2 Å². The van der Waals surface area contributed by atoms with Crippen molar-refractivity contribution in [3.05, 3.63) is 16.1 Å². The highest BCUT2D eigenvalue weighted by atomic mass is 32.1. The van der Waals surface area contributed by atoms with E-state index in [9.17, 15) is 4.79 Å². The fraction of sp³-hybridized carbons (Fsp3) is 0.692. The third-order valence-corrected chi connectivity index (χ3v) is 4.78. The molecule has 18 heavy (non-hydrogen) atoms. The molecule has 2 N–H and O–H groups in total. The molecule has 1 aliphatic heterocycles. The van der Waals surface area contributed by atoms with Gasteiger partial charge < -0.3 is 10.6 Å². The maximum Gasteiger partial charge on any atom is 0.223 e. The third-order valence-electron chi connectivity index (χ3n) is 3.75. The minimum Gasteiger partial charge on any atom is -0.329 e. The molecule has 1 aliphatic carbocycles. The maximum atomic E-state index is 12.3. The molecule has 0 bridgehead atoms. The smallest absolute Gasteiger partial charge is 0.223 e. The Balaban J connectivity index is 1.96. The van der Waals surface area contributed by atoms with Gasteiger partial charge in [0.05, 0.1) is 6.04 Å². The summed E-state index contributed by atoms with van der Waals surface area (Å²) in [4.78, 5) is 18.9. The first-order valence-corrected chi connectivity index (χ1v) is 7.53. The van der Waals surface area contributed by atoms with Crippen LogP contribution in [0, 0.1) is 6.92 Å². The summed E-state index contributed by atoms with van der Waals surface area (Å²) >= 11 is 1.64. The van der Waals surface area contributed by atoms with Crippen LogP contribution in [0.15, 0.2) is 5.38 Å². The highest BCUT2D eigenvalue weighted by molar-refractivity contribution is 7.09. The third kappa shape index (κ3) is 2.17. The van der Waals surface area contributed by atoms with E-state index in [0.29, 0.717) is 12.5 Å². The molecule has 98 valence electrons. The molecule has 1 amide bonds. The van der Waals surface area contributed by atoms with Crippen molar-refractivity contribution in [2.75, 3.05) is 0 Å². The van der Waals surface area contributed by atoms with Crippen LogP contribution in [-0.4, -0.2) is 27.9 Å². The fourth-order valence-corrected chi connectivity index (χ4v) is 3.70. The zero-order valence-electron chi connectivity index (χ0n) is 10.6.